The van der Waals surface area contributed by atoms with Gasteiger partial charge in [0.2, 0.25) is 35.0 Å². The molecule has 24 heteroatoms. The summed E-state index contributed by atoms with van der Waals surface area (Å²) in [6.45, 7) is 6.11. The Morgan fingerprint density at radius 2 is 1.53 bits per heavy atom. The number of nitrogens with zero attached hydrogens (tertiary/aromatic N) is 4. The van der Waals surface area contributed by atoms with Crippen molar-refractivity contribution in [1.29, 1.82) is 5.41 Å². The van der Waals surface area contributed by atoms with Gasteiger partial charge in [-0.05, 0) is 61.9 Å². The summed E-state index contributed by atoms with van der Waals surface area (Å²) in [6.07, 6.45) is -0.0426. The van der Waals surface area contributed by atoms with Crippen LogP contribution in [0.5, 0.6) is 0 Å². The highest BCUT2D eigenvalue weighted by atomic mass is 19.1. The predicted molar refractivity (Wildman–Crippen MR) is 254 cm³/mol. The van der Waals surface area contributed by atoms with Crippen LogP contribution < -0.4 is 42.6 Å². The summed E-state index contributed by atoms with van der Waals surface area (Å²) in [4.78, 5) is 119. The second-order valence-corrected chi connectivity index (χ2v) is 17.1. The number of aliphatic carboxylic acids is 1. The van der Waals surface area contributed by atoms with Gasteiger partial charge in [0.1, 0.15) is 36.1 Å². The molecule has 23 nitrogen and oxygen atoms in total. The van der Waals surface area contributed by atoms with E-state index in [1.54, 1.807) is 68.6 Å². The highest BCUT2D eigenvalue weighted by Crippen LogP contribution is 2.27. The molecule has 0 radical (unpaired) electrons. The van der Waals surface area contributed by atoms with Gasteiger partial charge in [-0.2, -0.15) is 0 Å². The second kappa shape index (κ2) is 25.5. The summed E-state index contributed by atoms with van der Waals surface area (Å²) < 4.78 is 22.5. The number of piperazine rings is 1. The molecule has 1 aromatic heterocycles. The average molecular weight is 980 g/mol. The summed E-state index contributed by atoms with van der Waals surface area (Å²) in [7, 11) is 3.15. The molecule has 0 spiro atoms. The van der Waals surface area contributed by atoms with E-state index >= 15 is 4.39 Å². The molecular formula is C46H62FN11O12. The van der Waals surface area contributed by atoms with Crippen molar-refractivity contribution in [3.05, 3.63) is 69.8 Å². The molecule has 4 rings (SSSR count). The van der Waals surface area contributed by atoms with Crippen molar-refractivity contribution < 1.29 is 57.7 Å². The van der Waals surface area contributed by atoms with Crippen LogP contribution in [0, 0.1) is 17.1 Å². The van der Waals surface area contributed by atoms with Gasteiger partial charge in [-0.15, -0.1) is 0 Å². The predicted octanol–water partition coefficient (Wildman–Crippen LogP) is 1.36. The van der Waals surface area contributed by atoms with Gasteiger partial charge < -0.3 is 66.5 Å². The van der Waals surface area contributed by atoms with Crippen LogP contribution in [0.3, 0.4) is 0 Å². The van der Waals surface area contributed by atoms with Crippen LogP contribution in [0.4, 0.5) is 20.6 Å². The first-order valence-electron chi connectivity index (χ1n) is 22.7. The van der Waals surface area contributed by atoms with Crippen LogP contribution in [-0.4, -0.2) is 143 Å². The topological polar surface area (TPSA) is 328 Å². The number of rotatable bonds is 23. The Morgan fingerprint density at radius 3 is 2.11 bits per heavy atom. The lowest BCUT2D eigenvalue weighted by molar-refractivity contribution is -0.138. The molecule has 380 valence electrons. The van der Waals surface area contributed by atoms with Gasteiger partial charge in [-0.25, -0.2) is 14.0 Å². The third-order valence-electron chi connectivity index (χ3n) is 11.4. The minimum absolute atomic E-state index is 0.00530. The van der Waals surface area contributed by atoms with E-state index in [1.807, 2.05) is 0 Å². The number of fused-ring (bicyclic) bond motifs is 1. The van der Waals surface area contributed by atoms with Crippen molar-refractivity contribution in [3.63, 3.8) is 0 Å². The SMILES string of the molecule is CCn1cc(C(=O)O)c(=O)c2cc(F)c(N3CCN(C(=O)OCc4ccc(NC(=O)[C@H](CCNC(=N)N)NC(=O)[C@@H](NC(=O)[C@H](CCC(=O)O)NC(=O)CCCC(=O)N(C)C)C(C)C)cc4)CC3)cc21. The van der Waals surface area contributed by atoms with E-state index in [0.29, 0.717) is 23.3 Å². The van der Waals surface area contributed by atoms with E-state index in [4.69, 9.17) is 15.9 Å². The molecule has 1 aliphatic rings. The van der Waals surface area contributed by atoms with Crippen molar-refractivity contribution in [3.8, 4) is 0 Å². The largest absolute Gasteiger partial charge is 0.481 e. The normalized spacial score (nSPS) is 13.6. The second-order valence-electron chi connectivity index (χ2n) is 17.1. The van der Waals surface area contributed by atoms with Gasteiger partial charge in [0.25, 0.3) is 0 Å². The number of nitrogens with one attached hydrogen (secondary N) is 6. The number of aromatic nitrogens is 1. The van der Waals surface area contributed by atoms with E-state index in [-0.39, 0.29) is 94.4 Å². The number of carbonyl (C=O) groups is 8. The van der Waals surface area contributed by atoms with Gasteiger partial charge in [0, 0.05) is 89.9 Å². The molecule has 3 aromatic rings. The summed E-state index contributed by atoms with van der Waals surface area (Å²) in [5.74, 6) is -7.31. The summed E-state index contributed by atoms with van der Waals surface area (Å²) in [5, 5.41) is 39.2. The summed E-state index contributed by atoms with van der Waals surface area (Å²) in [5.41, 5.74) is 5.66. The lowest BCUT2D eigenvalue weighted by Gasteiger charge is -2.35. The number of carbonyl (C=O) groups excluding carboxylic acids is 6. The standard InChI is InChI=1S/C46H62FN11O12/c1-6-56-24-30(44(67)68)40(63)29-22-31(47)35(23-34(29)56)57-18-20-58(21-19-57)46(69)70-25-27-10-12-28(13-11-27)51-41(64)33(16-17-50-45(48)49)53-43(66)39(26(2)3)54-42(65)32(14-15-38(61)62)52-36(59)8-7-9-37(60)55(4)5/h10-13,22-24,26,32-33,39H,6-9,14-21,25H2,1-5H3,(H,51,64)(H,52,59)(H,53,66)(H,54,65)(H,61,62)(H,67,68)(H4,48,49,50)/t32-,33-,39-/m0/s1. The molecule has 2 aromatic carbocycles. The minimum atomic E-state index is -1.41. The number of ether oxygens (including phenoxy) is 1. The fourth-order valence-corrected chi connectivity index (χ4v) is 7.43. The molecule has 1 aliphatic heterocycles. The van der Waals surface area contributed by atoms with E-state index < -0.39 is 88.9 Å². The number of carboxylic acids is 2. The number of anilines is 2. The van der Waals surface area contributed by atoms with Crippen LogP contribution in [0.25, 0.3) is 10.9 Å². The molecule has 0 unspecified atom stereocenters. The van der Waals surface area contributed by atoms with Gasteiger partial charge >= 0.3 is 18.0 Å². The zero-order chi connectivity index (χ0) is 51.8. The van der Waals surface area contributed by atoms with Crippen LogP contribution in [-0.2, 0) is 46.7 Å². The molecule has 10 N–H and O–H groups in total. The first kappa shape index (κ1) is 54.8. The monoisotopic (exact) mass is 979 g/mol. The summed E-state index contributed by atoms with van der Waals surface area (Å²) >= 11 is 0. The van der Waals surface area contributed by atoms with Crippen molar-refractivity contribution in [2.75, 3.05) is 57.0 Å². The number of amides is 6. The Kier molecular flexibility index (Phi) is 20.0. The van der Waals surface area contributed by atoms with Crippen LogP contribution in [0.1, 0.15) is 75.2 Å². The maximum atomic E-state index is 15.4. The smallest absolute Gasteiger partial charge is 0.410 e. The van der Waals surface area contributed by atoms with Crippen molar-refractivity contribution in [1.82, 2.24) is 35.6 Å². The highest BCUT2D eigenvalue weighted by molar-refractivity contribution is 5.99. The number of guanidine groups is 1. The summed E-state index contributed by atoms with van der Waals surface area (Å²) in [6, 6.07) is 5.06. The molecular weight excluding hydrogens is 918 g/mol. The number of aryl methyl sites for hydroxylation is 1. The Hall–Kier alpha value is -7.79. The fourth-order valence-electron chi connectivity index (χ4n) is 7.43. The molecule has 0 saturated carbocycles. The zero-order valence-corrected chi connectivity index (χ0v) is 39.8. The molecule has 70 heavy (non-hydrogen) atoms. The zero-order valence-electron chi connectivity index (χ0n) is 39.8. The quantitative estimate of drug-likeness (QED) is 0.0479. The maximum Gasteiger partial charge on any atom is 0.410 e. The number of pyridine rings is 1. The number of hydrogen-bond acceptors (Lipinski definition) is 12. The molecule has 3 atom stereocenters. The first-order chi connectivity index (χ1) is 33.1. The lowest BCUT2D eigenvalue weighted by Crippen LogP contribution is -2.58. The van der Waals surface area contributed by atoms with Crippen molar-refractivity contribution in [2.24, 2.45) is 11.7 Å². The van der Waals surface area contributed by atoms with Crippen LogP contribution in [0.2, 0.25) is 0 Å². The minimum Gasteiger partial charge on any atom is -0.481 e. The molecule has 6 amide bonds. The number of aromatic carboxylic acids is 1. The third-order valence-corrected chi connectivity index (χ3v) is 11.4. The Balaban J connectivity index is 1.34. The van der Waals surface area contributed by atoms with E-state index in [9.17, 15) is 53.4 Å². The number of hydrogen-bond donors (Lipinski definition) is 9. The first-order valence-corrected chi connectivity index (χ1v) is 22.7. The molecule has 1 saturated heterocycles. The van der Waals surface area contributed by atoms with Crippen LogP contribution in [0.15, 0.2) is 47.4 Å². The van der Waals surface area contributed by atoms with E-state index in [2.05, 4.69) is 26.6 Å². The lowest BCUT2D eigenvalue weighted by atomic mass is 10.0. The number of benzene rings is 2. The third kappa shape index (κ3) is 15.6. The van der Waals surface area contributed by atoms with Crippen molar-refractivity contribution in [2.45, 2.75) is 90.6 Å². The Bertz CT molecular complexity index is 2490. The molecule has 2 heterocycles. The van der Waals surface area contributed by atoms with E-state index in [1.165, 1.54) is 22.1 Å². The maximum absolute atomic E-state index is 15.4. The average Bonchev–Trinajstić information content (AvgIpc) is 3.30. The number of nitrogens with two attached hydrogens (primary N) is 1. The van der Waals surface area contributed by atoms with Gasteiger partial charge in [-0.3, -0.25) is 39.0 Å². The highest BCUT2D eigenvalue weighted by Gasteiger charge is 2.32. The Labute approximate surface area is 402 Å². The molecule has 0 bridgehead atoms. The number of carboxylic acid groups (broad SMARTS) is 2. The van der Waals surface area contributed by atoms with Gasteiger partial charge in [-0.1, -0.05) is 26.0 Å². The van der Waals surface area contributed by atoms with Gasteiger partial charge in [0.15, 0.2) is 5.96 Å². The fraction of sp³-hybridized carbons (Fsp3) is 0.478. The molecule has 0 aliphatic carbocycles. The van der Waals surface area contributed by atoms with Gasteiger partial charge in [0.05, 0.1) is 11.2 Å². The van der Waals surface area contributed by atoms with E-state index in [0.717, 1.165) is 6.07 Å². The molecule has 1 fully saturated rings. The number of halogens is 1. The Morgan fingerprint density at radius 1 is 0.871 bits per heavy atom. The van der Waals surface area contributed by atoms with Crippen LogP contribution >= 0.6 is 0 Å². The van der Waals surface area contributed by atoms with Crippen molar-refractivity contribution >= 4 is 75.8 Å².